The summed E-state index contributed by atoms with van der Waals surface area (Å²) in [5.74, 6) is 0.427. The van der Waals surface area contributed by atoms with Crippen LogP contribution >= 0.6 is 11.6 Å². The molecule has 2 aromatic heterocycles. The maximum absolute atomic E-state index is 12.6. The normalized spacial score (nSPS) is 33.4. The number of fused-ring (bicyclic) bond motifs is 1. The molecule has 0 N–H and O–H groups in total. The summed E-state index contributed by atoms with van der Waals surface area (Å²) < 4.78 is 14.3. The molecule has 1 saturated heterocycles. The number of halogens is 1. The Hall–Kier alpha value is -1.73. The van der Waals surface area contributed by atoms with Crippen LogP contribution < -0.4 is 0 Å². The van der Waals surface area contributed by atoms with Crippen molar-refractivity contribution >= 4 is 28.7 Å². The molecule has 0 aromatic carbocycles. The zero-order valence-electron chi connectivity index (χ0n) is 16.3. The molecule has 0 bridgehead atoms. The van der Waals surface area contributed by atoms with E-state index in [0.717, 1.165) is 12.8 Å². The second-order valence-corrected chi connectivity index (χ2v) is 9.34. The van der Waals surface area contributed by atoms with Crippen molar-refractivity contribution in [3.63, 3.8) is 0 Å². The van der Waals surface area contributed by atoms with Crippen LogP contribution in [0.25, 0.3) is 11.2 Å². The first-order chi connectivity index (χ1) is 12.6. The third-order valence-corrected chi connectivity index (χ3v) is 6.07. The molecule has 0 unspecified atom stereocenters. The van der Waals surface area contributed by atoms with E-state index in [1.54, 1.807) is 6.33 Å². The molecule has 146 valence electrons. The van der Waals surface area contributed by atoms with Crippen molar-refractivity contribution in [2.75, 3.05) is 0 Å². The van der Waals surface area contributed by atoms with Crippen LogP contribution in [0.1, 0.15) is 53.7 Å². The smallest absolute Gasteiger partial charge is 0.311 e. The van der Waals surface area contributed by atoms with Gasteiger partial charge in [-0.1, -0.05) is 25.4 Å². The molecule has 27 heavy (non-hydrogen) atoms. The van der Waals surface area contributed by atoms with Crippen molar-refractivity contribution in [3.8, 4) is 0 Å². The van der Waals surface area contributed by atoms with Crippen LogP contribution in [-0.4, -0.2) is 37.2 Å². The van der Waals surface area contributed by atoms with Crippen molar-refractivity contribution < 1.29 is 14.3 Å². The van der Waals surface area contributed by atoms with Gasteiger partial charge in [0.2, 0.25) is 0 Å². The number of hydrogen-bond acceptors (Lipinski definition) is 6. The average Bonchev–Trinajstić information content (AvgIpc) is 3.09. The van der Waals surface area contributed by atoms with Gasteiger partial charge in [0.15, 0.2) is 23.1 Å². The first-order valence-corrected chi connectivity index (χ1v) is 9.72. The van der Waals surface area contributed by atoms with E-state index in [1.165, 1.54) is 6.33 Å². The average molecular weight is 393 g/mol. The van der Waals surface area contributed by atoms with E-state index < -0.39 is 17.7 Å². The molecular formula is C19H25ClN4O3. The van der Waals surface area contributed by atoms with E-state index in [-0.39, 0.29) is 17.5 Å². The molecule has 1 aliphatic heterocycles. The monoisotopic (exact) mass is 392 g/mol. The van der Waals surface area contributed by atoms with Crippen molar-refractivity contribution in [2.45, 2.75) is 65.4 Å². The molecule has 1 spiro atoms. The molecule has 3 atom stereocenters. The van der Waals surface area contributed by atoms with Gasteiger partial charge in [-0.25, -0.2) is 15.0 Å². The van der Waals surface area contributed by atoms with Gasteiger partial charge < -0.3 is 9.47 Å². The maximum Gasteiger partial charge on any atom is 0.311 e. The Morgan fingerprint density at radius 2 is 2.00 bits per heavy atom. The van der Waals surface area contributed by atoms with Crippen molar-refractivity contribution in [1.82, 2.24) is 19.5 Å². The third kappa shape index (κ3) is 2.91. The molecule has 1 aliphatic carbocycles. The molecule has 4 rings (SSSR count). The summed E-state index contributed by atoms with van der Waals surface area (Å²) in [7, 11) is 0. The second-order valence-electron chi connectivity index (χ2n) is 8.98. The topological polar surface area (TPSA) is 79.1 Å². The van der Waals surface area contributed by atoms with Crippen molar-refractivity contribution in [1.29, 1.82) is 0 Å². The number of nitrogens with zero attached hydrogens (tertiary/aromatic N) is 4. The minimum absolute atomic E-state index is 0.0692. The van der Waals surface area contributed by atoms with Crippen LogP contribution in [-0.2, 0) is 14.3 Å². The maximum atomic E-state index is 12.6. The molecule has 1 saturated carbocycles. The van der Waals surface area contributed by atoms with E-state index in [0.29, 0.717) is 22.2 Å². The number of imidazole rings is 1. The first kappa shape index (κ1) is 18.6. The highest BCUT2D eigenvalue weighted by atomic mass is 35.5. The number of carbonyl (C=O) groups excluding carboxylic acids is 1. The fraction of sp³-hybridized carbons (Fsp3) is 0.684. The third-order valence-electron chi connectivity index (χ3n) is 5.79. The summed E-state index contributed by atoms with van der Waals surface area (Å²) >= 11 is 6.15. The fourth-order valence-corrected chi connectivity index (χ4v) is 4.41. The number of carbonyl (C=O) groups is 1. The van der Waals surface area contributed by atoms with E-state index in [9.17, 15) is 4.79 Å². The van der Waals surface area contributed by atoms with Crippen molar-refractivity contribution in [2.24, 2.45) is 17.3 Å². The van der Waals surface area contributed by atoms with Gasteiger partial charge in [0.1, 0.15) is 11.8 Å². The highest BCUT2D eigenvalue weighted by Crippen LogP contribution is 2.56. The number of esters is 1. The SMILES string of the molecule is CC1CC2(C1)O[C@@H](n1cnc3c(Cl)ncnc31)[C@H](OC(=O)C(C)(C)C)[C@@H]2C. The minimum atomic E-state index is -0.588. The predicted octanol–water partition coefficient (Wildman–Crippen LogP) is 3.77. The lowest BCUT2D eigenvalue weighted by atomic mass is 9.65. The number of hydrogen-bond donors (Lipinski definition) is 0. The standard InChI is InChI=1S/C19H25ClN4O3/c1-10-6-19(7-10)11(2)13(26-17(25)18(3,4)5)16(27-19)24-9-23-12-14(20)21-8-22-15(12)24/h8-11,13,16H,6-7H2,1-5H3/t10?,11-,13+,16+,19?/m0/s1. The van der Waals surface area contributed by atoms with Gasteiger partial charge >= 0.3 is 5.97 Å². The second kappa shape index (κ2) is 6.14. The Labute approximate surface area is 163 Å². The quantitative estimate of drug-likeness (QED) is 0.571. The Bertz CT molecular complexity index is 885. The fourth-order valence-electron chi connectivity index (χ4n) is 4.23. The number of rotatable bonds is 2. The Morgan fingerprint density at radius 1 is 1.30 bits per heavy atom. The number of ether oxygens (including phenoxy) is 2. The van der Waals surface area contributed by atoms with E-state index >= 15 is 0 Å². The molecule has 2 aliphatic rings. The molecule has 0 amide bonds. The molecule has 2 fully saturated rings. The van der Waals surface area contributed by atoms with Crippen LogP contribution in [0.5, 0.6) is 0 Å². The largest absolute Gasteiger partial charge is 0.457 e. The lowest BCUT2D eigenvalue weighted by Gasteiger charge is -2.46. The van der Waals surface area contributed by atoms with Crippen LogP contribution in [0, 0.1) is 17.3 Å². The lowest BCUT2D eigenvalue weighted by molar-refractivity contribution is -0.169. The highest BCUT2D eigenvalue weighted by molar-refractivity contribution is 6.33. The van der Waals surface area contributed by atoms with Gasteiger partial charge in [-0.15, -0.1) is 0 Å². The van der Waals surface area contributed by atoms with E-state index in [4.69, 9.17) is 21.1 Å². The van der Waals surface area contributed by atoms with Gasteiger partial charge in [-0.3, -0.25) is 9.36 Å². The van der Waals surface area contributed by atoms with E-state index in [1.807, 2.05) is 25.3 Å². The van der Waals surface area contributed by atoms with Gasteiger partial charge in [-0.2, -0.15) is 0 Å². The summed E-state index contributed by atoms with van der Waals surface area (Å²) in [5.41, 5.74) is 0.225. The summed E-state index contributed by atoms with van der Waals surface area (Å²) in [4.78, 5) is 25.3. The molecule has 0 radical (unpaired) electrons. The zero-order valence-corrected chi connectivity index (χ0v) is 17.0. The Balaban J connectivity index is 1.73. The molecule has 8 heteroatoms. The first-order valence-electron chi connectivity index (χ1n) is 9.34. The van der Waals surface area contributed by atoms with Gasteiger partial charge in [0, 0.05) is 5.92 Å². The van der Waals surface area contributed by atoms with Crippen LogP contribution in [0.3, 0.4) is 0 Å². The summed E-state index contributed by atoms with van der Waals surface area (Å²) in [6.45, 7) is 9.88. The van der Waals surface area contributed by atoms with Crippen LogP contribution in [0.15, 0.2) is 12.7 Å². The van der Waals surface area contributed by atoms with Crippen LogP contribution in [0.2, 0.25) is 5.15 Å². The Morgan fingerprint density at radius 3 is 2.63 bits per heavy atom. The Kier molecular flexibility index (Phi) is 4.23. The predicted molar refractivity (Wildman–Crippen MR) is 100 cm³/mol. The highest BCUT2D eigenvalue weighted by Gasteiger charge is 2.60. The zero-order chi connectivity index (χ0) is 19.6. The van der Waals surface area contributed by atoms with Gasteiger partial charge in [0.05, 0.1) is 17.3 Å². The van der Waals surface area contributed by atoms with Crippen molar-refractivity contribution in [3.05, 3.63) is 17.8 Å². The lowest BCUT2D eigenvalue weighted by Crippen LogP contribution is -2.48. The van der Waals surface area contributed by atoms with E-state index in [2.05, 4.69) is 28.8 Å². The summed E-state index contributed by atoms with van der Waals surface area (Å²) in [6.07, 6.45) is 4.04. The molecule has 3 heterocycles. The summed E-state index contributed by atoms with van der Waals surface area (Å²) in [6, 6.07) is 0. The van der Waals surface area contributed by atoms with Gasteiger partial charge in [0.25, 0.3) is 0 Å². The number of aromatic nitrogens is 4. The molecule has 2 aromatic rings. The van der Waals surface area contributed by atoms with Crippen LogP contribution in [0.4, 0.5) is 0 Å². The molecule has 7 nitrogen and oxygen atoms in total. The summed E-state index contributed by atoms with van der Waals surface area (Å²) in [5, 5.41) is 0.292. The van der Waals surface area contributed by atoms with Gasteiger partial charge in [-0.05, 0) is 39.5 Å². The molecular weight excluding hydrogens is 368 g/mol. The minimum Gasteiger partial charge on any atom is -0.457 e.